The lowest BCUT2D eigenvalue weighted by atomic mass is 9.67. The van der Waals surface area contributed by atoms with Crippen LogP contribution in [0.15, 0.2) is 211 Å². The molecule has 10 aromatic carbocycles. The summed E-state index contributed by atoms with van der Waals surface area (Å²) >= 11 is 0. The van der Waals surface area contributed by atoms with E-state index in [9.17, 15) is 0 Å². The van der Waals surface area contributed by atoms with Gasteiger partial charge in [0.05, 0.1) is 5.41 Å². The highest BCUT2D eigenvalue weighted by Gasteiger charge is 2.46. The molecule has 0 amide bonds. The highest BCUT2D eigenvalue weighted by Crippen LogP contribution is 2.57. The fourth-order valence-corrected chi connectivity index (χ4v) is 10.0. The molecule has 1 nitrogen and oxygen atoms in total. The quantitative estimate of drug-likeness (QED) is 0.166. The molecule has 0 saturated carbocycles. The highest BCUT2D eigenvalue weighted by atomic mass is 16.3. The molecular weight excluding hydrogens is 677 g/mol. The summed E-state index contributed by atoms with van der Waals surface area (Å²) in [5, 5.41) is 9.64. The number of para-hydroxylation sites is 1. The molecule has 1 aromatic heterocycles. The van der Waals surface area contributed by atoms with Crippen LogP contribution < -0.4 is 0 Å². The van der Waals surface area contributed by atoms with Crippen molar-refractivity contribution in [1.82, 2.24) is 0 Å². The van der Waals surface area contributed by atoms with Gasteiger partial charge in [-0.05, 0) is 95.0 Å². The number of rotatable bonds is 4. The van der Waals surface area contributed by atoms with Crippen LogP contribution in [0.25, 0.3) is 87.6 Å². The summed E-state index contributed by atoms with van der Waals surface area (Å²) < 4.78 is 7.19. The van der Waals surface area contributed by atoms with Crippen LogP contribution in [0.2, 0.25) is 0 Å². The molecule has 0 aliphatic heterocycles. The molecule has 1 aliphatic carbocycles. The van der Waals surface area contributed by atoms with E-state index in [4.69, 9.17) is 4.42 Å². The first-order chi connectivity index (χ1) is 27.8. The van der Waals surface area contributed by atoms with E-state index in [0.717, 1.165) is 27.5 Å². The van der Waals surface area contributed by atoms with Gasteiger partial charge in [0.25, 0.3) is 0 Å². The Labute approximate surface area is 324 Å². The van der Waals surface area contributed by atoms with Gasteiger partial charge in [0.15, 0.2) is 0 Å². The number of furan rings is 1. The van der Waals surface area contributed by atoms with Crippen LogP contribution in [0, 0.1) is 0 Å². The van der Waals surface area contributed by atoms with Crippen LogP contribution in [0.4, 0.5) is 0 Å². The normalized spacial score (nSPS) is 13.1. The summed E-state index contributed by atoms with van der Waals surface area (Å²) in [7, 11) is 0. The van der Waals surface area contributed by atoms with Crippen molar-refractivity contribution in [2.24, 2.45) is 0 Å². The molecule has 0 saturated heterocycles. The van der Waals surface area contributed by atoms with E-state index in [1.165, 1.54) is 82.4 Å². The Morgan fingerprint density at radius 3 is 1.57 bits per heavy atom. The lowest BCUT2D eigenvalue weighted by molar-refractivity contribution is 0.667. The Morgan fingerprint density at radius 2 is 0.875 bits per heavy atom. The predicted molar refractivity (Wildman–Crippen MR) is 234 cm³/mol. The first-order valence-corrected chi connectivity index (χ1v) is 19.4. The maximum atomic E-state index is 7.19. The van der Waals surface area contributed by atoms with E-state index in [1.54, 1.807) is 0 Å². The van der Waals surface area contributed by atoms with E-state index in [-0.39, 0.29) is 0 Å². The van der Waals surface area contributed by atoms with Crippen molar-refractivity contribution in [3.05, 3.63) is 229 Å². The van der Waals surface area contributed by atoms with Gasteiger partial charge in [-0.1, -0.05) is 188 Å². The fourth-order valence-electron chi connectivity index (χ4n) is 10.0. The minimum Gasteiger partial charge on any atom is -0.455 e. The smallest absolute Gasteiger partial charge is 0.143 e. The largest absolute Gasteiger partial charge is 0.455 e. The summed E-state index contributed by atoms with van der Waals surface area (Å²) in [4.78, 5) is 0. The fraction of sp³-hybridized carbons (Fsp3) is 0.0182. The van der Waals surface area contributed by atoms with E-state index in [0.29, 0.717) is 0 Å². The minimum absolute atomic E-state index is 0.491. The standard InChI is InChI=1S/C55H34O/c1-3-18-38(19-4-1)55(39-20-5-2-6-21-39)49-29-14-13-22-40(49)47-33-48-45-27-15-28-46(54(45)56-51(48)34-50(47)55)53-43-25-11-9-23-41(43)52(42-24-10-12-26-44(42)53)37-31-30-35-16-7-8-17-36(35)32-37/h1-34H. The molecular formula is C55H34O. The van der Waals surface area contributed by atoms with Crippen molar-refractivity contribution >= 4 is 54.3 Å². The molecule has 0 spiro atoms. The Kier molecular flexibility index (Phi) is 6.62. The van der Waals surface area contributed by atoms with Gasteiger partial charge in [0.2, 0.25) is 0 Å². The van der Waals surface area contributed by atoms with Gasteiger partial charge < -0.3 is 4.42 Å². The van der Waals surface area contributed by atoms with Crippen LogP contribution in [-0.2, 0) is 5.41 Å². The molecule has 56 heavy (non-hydrogen) atoms. The van der Waals surface area contributed by atoms with E-state index in [1.807, 2.05) is 0 Å². The lowest BCUT2D eigenvalue weighted by Crippen LogP contribution is -2.28. The molecule has 0 N–H and O–H groups in total. The average Bonchev–Trinajstić information content (AvgIpc) is 3.78. The molecule has 0 bridgehead atoms. The first kappa shape index (κ1) is 31.2. The SMILES string of the molecule is c1ccc(C2(c3ccccc3)c3ccccc3-c3cc4c(cc32)oc2c(-c3c5ccccc5c(-c5ccc6ccccc6c5)c5ccccc35)cccc24)cc1. The third kappa shape index (κ3) is 4.26. The Balaban J connectivity index is 1.15. The molecule has 0 fully saturated rings. The van der Waals surface area contributed by atoms with Crippen LogP contribution in [0.3, 0.4) is 0 Å². The molecule has 260 valence electrons. The molecule has 0 unspecified atom stereocenters. The molecule has 12 rings (SSSR count). The third-order valence-electron chi connectivity index (χ3n) is 12.3. The summed E-state index contributed by atoms with van der Waals surface area (Å²) in [5.41, 5.74) is 13.7. The van der Waals surface area contributed by atoms with Gasteiger partial charge in [-0.2, -0.15) is 0 Å². The van der Waals surface area contributed by atoms with Gasteiger partial charge >= 0.3 is 0 Å². The number of benzene rings is 10. The number of fused-ring (bicyclic) bond motifs is 9. The van der Waals surface area contributed by atoms with Crippen molar-refractivity contribution in [2.75, 3.05) is 0 Å². The Bertz CT molecular complexity index is 3250. The summed E-state index contributed by atoms with van der Waals surface area (Å²) in [5.74, 6) is 0. The van der Waals surface area contributed by atoms with Crippen molar-refractivity contribution in [3.63, 3.8) is 0 Å². The molecule has 1 heteroatoms. The average molecular weight is 711 g/mol. The van der Waals surface area contributed by atoms with Crippen LogP contribution >= 0.6 is 0 Å². The maximum absolute atomic E-state index is 7.19. The molecule has 0 atom stereocenters. The zero-order chi connectivity index (χ0) is 36.8. The topological polar surface area (TPSA) is 13.1 Å². The van der Waals surface area contributed by atoms with Crippen molar-refractivity contribution in [3.8, 4) is 33.4 Å². The summed E-state index contributed by atoms with van der Waals surface area (Å²) in [6.45, 7) is 0. The second kappa shape index (κ2) is 11.9. The monoisotopic (exact) mass is 710 g/mol. The van der Waals surface area contributed by atoms with Gasteiger partial charge in [-0.15, -0.1) is 0 Å². The van der Waals surface area contributed by atoms with E-state index >= 15 is 0 Å². The zero-order valence-electron chi connectivity index (χ0n) is 30.5. The maximum Gasteiger partial charge on any atom is 0.143 e. The lowest BCUT2D eigenvalue weighted by Gasteiger charge is -2.33. The molecule has 11 aromatic rings. The van der Waals surface area contributed by atoms with Gasteiger partial charge in [-0.3, -0.25) is 0 Å². The van der Waals surface area contributed by atoms with Gasteiger partial charge in [-0.25, -0.2) is 0 Å². The van der Waals surface area contributed by atoms with E-state index in [2.05, 4.69) is 206 Å². The number of hydrogen-bond donors (Lipinski definition) is 0. The summed E-state index contributed by atoms with van der Waals surface area (Å²) in [6.07, 6.45) is 0. The second-order valence-corrected chi connectivity index (χ2v) is 15.1. The van der Waals surface area contributed by atoms with Gasteiger partial charge in [0.1, 0.15) is 11.2 Å². The van der Waals surface area contributed by atoms with Gasteiger partial charge in [0, 0.05) is 21.9 Å². The second-order valence-electron chi connectivity index (χ2n) is 15.1. The molecule has 0 radical (unpaired) electrons. The minimum atomic E-state index is -0.491. The Hall–Kier alpha value is -7.22. The molecule has 1 aliphatic rings. The Morgan fingerprint density at radius 1 is 0.321 bits per heavy atom. The van der Waals surface area contributed by atoms with Crippen molar-refractivity contribution in [2.45, 2.75) is 5.41 Å². The molecule has 1 heterocycles. The highest BCUT2D eigenvalue weighted by molar-refractivity contribution is 6.24. The number of hydrogen-bond acceptors (Lipinski definition) is 1. The van der Waals surface area contributed by atoms with Crippen LogP contribution in [-0.4, -0.2) is 0 Å². The summed E-state index contributed by atoms with van der Waals surface area (Å²) in [6, 6.07) is 75.6. The van der Waals surface area contributed by atoms with Crippen LogP contribution in [0.1, 0.15) is 22.3 Å². The first-order valence-electron chi connectivity index (χ1n) is 19.4. The van der Waals surface area contributed by atoms with Crippen LogP contribution in [0.5, 0.6) is 0 Å². The predicted octanol–water partition coefficient (Wildman–Crippen LogP) is 14.7. The van der Waals surface area contributed by atoms with Crippen molar-refractivity contribution in [1.29, 1.82) is 0 Å². The zero-order valence-corrected chi connectivity index (χ0v) is 30.5. The third-order valence-corrected chi connectivity index (χ3v) is 12.3. The van der Waals surface area contributed by atoms with E-state index < -0.39 is 5.41 Å². The van der Waals surface area contributed by atoms with Crippen molar-refractivity contribution < 1.29 is 4.42 Å².